The third-order valence-corrected chi connectivity index (χ3v) is 5.45. The number of benzene rings is 1. The molecule has 28 heavy (non-hydrogen) atoms. The fraction of sp³-hybridized carbons (Fsp3) is 0.421. The van der Waals surface area contributed by atoms with E-state index in [1.54, 1.807) is 23.1 Å². The molecule has 1 aromatic carbocycles. The van der Waals surface area contributed by atoms with Crippen molar-refractivity contribution in [2.75, 3.05) is 33.2 Å². The third kappa shape index (κ3) is 6.51. The first kappa shape index (κ1) is 22.2. The summed E-state index contributed by atoms with van der Waals surface area (Å²) in [4.78, 5) is 35.1. The first-order valence-electron chi connectivity index (χ1n) is 8.83. The number of piperidine rings is 2. The van der Waals surface area contributed by atoms with Gasteiger partial charge in [0, 0.05) is 36.6 Å². The first-order chi connectivity index (χ1) is 13.2. The number of carbonyl (C=O) groups is 3. The maximum Gasteiger partial charge on any atom is 0.328 e. The van der Waals surface area contributed by atoms with Crippen LogP contribution in [0.15, 0.2) is 30.4 Å². The lowest BCUT2D eigenvalue weighted by molar-refractivity contribution is -0.893. The predicted molar refractivity (Wildman–Crippen MR) is 102 cm³/mol. The van der Waals surface area contributed by atoms with Gasteiger partial charge >= 0.3 is 5.97 Å². The van der Waals surface area contributed by atoms with Crippen LogP contribution in [0.5, 0.6) is 0 Å². The number of carboxylic acids is 2. The van der Waals surface area contributed by atoms with Gasteiger partial charge in [-0.25, -0.2) is 4.79 Å². The molecule has 2 unspecified atom stereocenters. The summed E-state index contributed by atoms with van der Waals surface area (Å²) >= 11 is 11.9. The van der Waals surface area contributed by atoms with Crippen LogP contribution in [0.25, 0.3) is 0 Å². The molecular formula is C19H22Cl2N2O5. The van der Waals surface area contributed by atoms with Crippen molar-refractivity contribution in [2.45, 2.75) is 6.42 Å². The number of quaternary nitrogens is 1. The fourth-order valence-corrected chi connectivity index (χ4v) is 4.10. The van der Waals surface area contributed by atoms with E-state index in [4.69, 9.17) is 28.3 Å². The number of hydrogen-bond donors (Lipinski definition) is 2. The number of aliphatic carboxylic acids is 2. The van der Waals surface area contributed by atoms with E-state index in [0.29, 0.717) is 39.6 Å². The van der Waals surface area contributed by atoms with Crippen molar-refractivity contribution in [3.8, 4) is 0 Å². The lowest BCUT2D eigenvalue weighted by Gasteiger charge is -2.42. The Morgan fingerprint density at radius 2 is 1.75 bits per heavy atom. The Kier molecular flexibility index (Phi) is 7.86. The molecule has 9 heteroatoms. The maximum absolute atomic E-state index is 12.6. The molecule has 0 aromatic heterocycles. The van der Waals surface area contributed by atoms with Crippen LogP contribution in [0.4, 0.5) is 0 Å². The van der Waals surface area contributed by atoms with Gasteiger partial charge in [0.05, 0.1) is 36.2 Å². The Bertz CT molecular complexity index is 750. The number of fused-ring (bicyclic) bond motifs is 2. The molecule has 2 atom stereocenters. The molecule has 0 radical (unpaired) electrons. The van der Waals surface area contributed by atoms with E-state index in [1.165, 1.54) is 19.5 Å². The minimum Gasteiger partial charge on any atom is -0.545 e. The van der Waals surface area contributed by atoms with Crippen molar-refractivity contribution in [3.63, 3.8) is 0 Å². The van der Waals surface area contributed by atoms with E-state index in [9.17, 15) is 19.5 Å². The molecule has 2 N–H and O–H groups in total. The number of rotatable bonds is 3. The molecule has 2 fully saturated rings. The van der Waals surface area contributed by atoms with E-state index >= 15 is 0 Å². The van der Waals surface area contributed by atoms with Crippen LogP contribution < -0.4 is 10.0 Å². The monoisotopic (exact) mass is 428 g/mol. The van der Waals surface area contributed by atoms with Crippen molar-refractivity contribution in [1.29, 1.82) is 0 Å². The fourth-order valence-electron chi connectivity index (χ4n) is 3.80. The standard InChI is InChI=1S/C15H18Cl2N2O.C4H4O4/c1-18-6-10-4-11(7-18)9-19(8-10)15(20)12-2-3-13(16)14(17)5-12;5-3(6)1-2-4(7)8/h2-3,5,10-11H,4,6-9H2,1H3;1-2H,(H,5,6)(H,7,8)/b;2-1-. The van der Waals surface area contributed by atoms with Gasteiger partial charge in [-0.05, 0) is 30.7 Å². The molecule has 2 heterocycles. The summed E-state index contributed by atoms with van der Waals surface area (Å²) in [5.41, 5.74) is 0.639. The van der Waals surface area contributed by atoms with E-state index in [0.717, 1.165) is 13.1 Å². The number of carbonyl (C=O) groups excluding carboxylic acids is 2. The number of hydrogen-bond acceptors (Lipinski definition) is 4. The Balaban J connectivity index is 0.000000300. The highest BCUT2D eigenvalue weighted by Gasteiger charge is 2.37. The molecular weight excluding hydrogens is 407 g/mol. The first-order valence-corrected chi connectivity index (χ1v) is 9.59. The van der Waals surface area contributed by atoms with Gasteiger partial charge in [-0.15, -0.1) is 0 Å². The molecule has 152 valence electrons. The average Bonchev–Trinajstić information content (AvgIpc) is 2.61. The highest BCUT2D eigenvalue weighted by atomic mass is 35.5. The molecule has 2 aliphatic rings. The number of nitrogens with zero attached hydrogens (tertiary/aromatic N) is 1. The Morgan fingerprint density at radius 3 is 2.21 bits per heavy atom. The summed E-state index contributed by atoms with van der Waals surface area (Å²) in [5.74, 6) is -1.46. The topological polar surface area (TPSA) is 102 Å². The molecule has 1 aromatic rings. The van der Waals surface area contributed by atoms with Gasteiger partial charge in [0.2, 0.25) is 0 Å². The van der Waals surface area contributed by atoms with Crippen molar-refractivity contribution < 1.29 is 29.5 Å². The molecule has 1 amide bonds. The van der Waals surface area contributed by atoms with Gasteiger partial charge in [0.15, 0.2) is 0 Å². The summed E-state index contributed by atoms with van der Waals surface area (Å²) in [6.07, 6.45) is 2.21. The van der Waals surface area contributed by atoms with E-state index < -0.39 is 11.9 Å². The zero-order valence-corrected chi connectivity index (χ0v) is 16.9. The summed E-state index contributed by atoms with van der Waals surface area (Å²) in [6.45, 7) is 4.07. The quantitative estimate of drug-likeness (QED) is 0.658. The number of carboxylic acid groups (broad SMARTS) is 2. The van der Waals surface area contributed by atoms with Crippen LogP contribution in [-0.2, 0) is 9.59 Å². The molecule has 0 spiro atoms. The molecule has 2 bridgehead atoms. The minimum atomic E-state index is -1.51. The van der Waals surface area contributed by atoms with Gasteiger partial charge in [-0.1, -0.05) is 23.2 Å². The zero-order chi connectivity index (χ0) is 20.8. The number of halogens is 2. The van der Waals surface area contributed by atoms with Crippen molar-refractivity contribution in [1.82, 2.24) is 4.90 Å². The molecule has 0 saturated carbocycles. The summed E-state index contributed by atoms with van der Waals surface area (Å²) < 4.78 is 0. The zero-order valence-electron chi connectivity index (χ0n) is 15.4. The van der Waals surface area contributed by atoms with E-state index in [-0.39, 0.29) is 5.91 Å². The van der Waals surface area contributed by atoms with Gasteiger partial charge in [-0.3, -0.25) is 4.79 Å². The highest BCUT2D eigenvalue weighted by Crippen LogP contribution is 2.26. The van der Waals surface area contributed by atoms with Crippen LogP contribution in [-0.4, -0.2) is 61.1 Å². The Morgan fingerprint density at radius 1 is 1.14 bits per heavy atom. The molecule has 3 rings (SSSR count). The second-order valence-electron chi connectivity index (χ2n) is 7.16. The Labute approximate surface area is 173 Å². The maximum atomic E-state index is 12.6. The lowest BCUT2D eigenvalue weighted by Crippen LogP contribution is -3.12. The van der Waals surface area contributed by atoms with Crippen LogP contribution in [0.2, 0.25) is 10.0 Å². The van der Waals surface area contributed by atoms with Crippen molar-refractivity contribution in [3.05, 3.63) is 46.0 Å². The minimum absolute atomic E-state index is 0.0813. The molecule has 7 nitrogen and oxygen atoms in total. The van der Waals surface area contributed by atoms with Gasteiger partial charge in [0.25, 0.3) is 5.91 Å². The molecule has 2 aliphatic heterocycles. The third-order valence-electron chi connectivity index (χ3n) is 4.71. The van der Waals surface area contributed by atoms with Crippen LogP contribution in [0.1, 0.15) is 16.8 Å². The van der Waals surface area contributed by atoms with E-state index in [1.807, 2.05) is 4.90 Å². The average molecular weight is 429 g/mol. The second-order valence-corrected chi connectivity index (χ2v) is 7.98. The smallest absolute Gasteiger partial charge is 0.328 e. The van der Waals surface area contributed by atoms with Gasteiger partial charge in [-0.2, -0.15) is 0 Å². The number of nitrogens with one attached hydrogen (secondary N) is 1. The van der Waals surface area contributed by atoms with Crippen LogP contribution in [0.3, 0.4) is 0 Å². The molecule has 2 saturated heterocycles. The SMILES string of the molecule is C[NH+]1CC2CC(CN(C(=O)c3ccc(Cl)c(Cl)c3)C2)C1.O=C([O-])/C=C\C(=O)O. The summed E-state index contributed by atoms with van der Waals surface area (Å²) in [6, 6.07) is 5.13. The molecule has 0 aliphatic carbocycles. The number of likely N-dealkylation sites (tertiary alicyclic amines) is 2. The van der Waals surface area contributed by atoms with Gasteiger partial charge in [0.1, 0.15) is 0 Å². The summed E-state index contributed by atoms with van der Waals surface area (Å²) in [5, 5.41) is 18.2. The van der Waals surface area contributed by atoms with Crippen molar-refractivity contribution >= 4 is 41.0 Å². The largest absolute Gasteiger partial charge is 0.545 e. The lowest BCUT2D eigenvalue weighted by atomic mass is 9.84. The number of amides is 1. The normalized spacial score (nSPS) is 23.7. The van der Waals surface area contributed by atoms with E-state index in [2.05, 4.69) is 7.05 Å². The predicted octanol–water partition coefficient (Wildman–Crippen LogP) is -0.0229. The van der Waals surface area contributed by atoms with Crippen LogP contribution >= 0.6 is 23.2 Å². The second kappa shape index (κ2) is 9.91. The van der Waals surface area contributed by atoms with Crippen molar-refractivity contribution in [2.24, 2.45) is 11.8 Å². The van der Waals surface area contributed by atoms with Gasteiger partial charge < -0.3 is 24.8 Å². The van der Waals surface area contributed by atoms with Crippen LogP contribution in [0, 0.1) is 11.8 Å². The highest BCUT2D eigenvalue weighted by molar-refractivity contribution is 6.42. The summed E-state index contributed by atoms with van der Waals surface area (Å²) in [7, 11) is 2.25. The Hall–Kier alpha value is -2.09.